The second kappa shape index (κ2) is 30.6. The maximum absolute atomic E-state index is 2.63. The molecule has 0 spiro atoms. The van der Waals surface area contributed by atoms with Gasteiger partial charge in [-0.25, -0.2) is 0 Å². The topological polar surface area (TPSA) is 13.0 Å². The number of anilines is 12. The van der Waals surface area contributed by atoms with Crippen LogP contribution in [0.25, 0.3) is 99.1 Å². The molecule has 0 saturated heterocycles. The molecule has 0 radical (unpaired) electrons. The summed E-state index contributed by atoms with van der Waals surface area (Å²) >= 11 is 0. The highest BCUT2D eigenvalue weighted by molar-refractivity contribution is 7.02. The first-order valence-corrected chi connectivity index (χ1v) is 42.5. The first-order chi connectivity index (χ1) is 60.2. The second-order valence-corrected chi connectivity index (χ2v) is 32.7. The largest absolute Gasteiger partial charge is 0.310 e. The summed E-state index contributed by atoms with van der Waals surface area (Å²) in [4.78, 5) is 9.75. The van der Waals surface area contributed by atoms with Crippen LogP contribution in [0.1, 0.15) is 22.3 Å². The Morgan fingerprint density at radius 3 is 0.582 bits per heavy atom. The third-order valence-corrected chi connectivity index (χ3v) is 25.6. The van der Waals surface area contributed by atoms with Crippen molar-refractivity contribution in [1.29, 1.82) is 0 Å². The van der Waals surface area contributed by atoms with E-state index in [9.17, 15) is 0 Å². The third-order valence-electron chi connectivity index (χ3n) is 25.6. The van der Waals surface area contributed by atoms with Gasteiger partial charge in [-0.15, -0.1) is 0 Å². The van der Waals surface area contributed by atoms with Gasteiger partial charge in [0.05, 0.1) is 0 Å². The molecule has 20 aromatic rings. The average molecular weight is 1560 g/mol. The van der Waals surface area contributed by atoms with E-state index in [1.807, 2.05) is 0 Å². The van der Waals surface area contributed by atoms with Gasteiger partial charge in [-0.1, -0.05) is 346 Å². The molecule has 0 bridgehead atoms. The molecule has 0 saturated carbocycles. The van der Waals surface area contributed by atoms with Crippen LogP contribution in [0.3, 0.4) is 0 Å². The summed E-state index contributed by atoms with van der Waals surface area (Å²) in [6.45, 7) is 9.07. The van der Waals surface area contributed by atoms with E-state index in [2.05, 4.69) is 484 Å². The lowest BCUT2D eigenvalue weighted by molar-refractivity contribution is 1.27. The van der Waals surface area contributed by atoms with Gasteiger partial charge in [-0.05, 0) is 272 Å². The molecule has 0 fully saturated rings. The normalized spacial score (nSPS) is 11.9. The SMILES string of the molecule is Cc1cc(N(c2ccccc2)c2ccccc2)cc2c1B(c1cc(-c3ccccc3-c3ccccc3)c3ccc4c(B5c6c(C)cc(N(c7ccccc7)c7ccccc7)cc6-c6cc(N(c7ccccc7)c7ccccc7)cc(C)c65)cc(-c5ccccc5-c5ccccc5)c5ccc1c3c45)c1c(C)cc(N(c3ccccc3)c3ccccc3)cc1-2. The third kappa shape index (κ3) is 12.5. The Balaban J connectivity index is 0.866. The van der Waals surface area contributed by atoms with Gasteiger partial charge in [0.25, 0.3) is 0 Å². The van der Waals surface area contributed by atoms with E-state index in [1.165, 1.54) is 154 Å². The van der Waals surface area contributed by atoms with Crippen LogP contribution >= 0.6 is 0 Å². The number of para-hydroxylation sites is 8. The number of fused-ring (bicyclic) bond motifs is 6. The van der Waals surface area contributed by atoms with E-state index in [-0.39, 0.29) is 13.4 Å². The van der Waals surface area contributed by atoms with Crippen molar-refractivity contribution in [3.63, 3.8) is 0 Å². The summed E-state index contributed by atoms with van der Waals surface area (Å²) in [5, 5.41) is 7.40. The maximum Gasteiger partial charge on any atom is 0.244 e. The molecule has 2 aliphatic heterocycles. The van der Waals surface area contributed by atoms with Gasteiger partial charge >= 0.3 is 0 Å². The fourth-order valence-corrected chi connectivity index (χ4v) is 20.5. The van der Waals surface area contributed by atoms with Gasteiger partial charge < -0.3 is 19.6 Å². The molecule has 2 aliphatic rings. The van der Waals surface area contributed by atoms with Gasteiger partial charge in [-0.2, -0.15) is 0 Å². The smallest absolute Gasteiger partial charge is 0.244 e. The van der Waals surface area contributed by atoms with E-state index in [4.69, 9.17) is 0 Å². The van der Waals surface area contributed by atoms with Gasteiger partial charge in [0, 0.05) is 68.2 Å². The number of hydrogen-bond donors (Lipinski definition) is 0. The lowest BCUT2D eigenvalue weighted by Crippen LogP contribution is -2.51. The summed E-state index contributed by atoms with van der Waals surface area (Å²) < 4.78 is 0. The molecule has 0 unspecified atom stereocenters. The average Bonchev–Trinajstić information content (AvgIpc) is 1.34. The molecule has 20 aromatic carbocycles. The number of benzene rings is 20. The molecule has 574 valence electrons. The van der Waals surface area contributed by atoms with E-state index < -0.39 is 0 Å². The quantitative estimate of drug-likeness (QED) is 0.0627. The van der Waals surface area contributed by atoms with Crippen LogP contribution in [-0.2, 0) is 0 Å². The Bertz CT molecular complexity index is 6470. The highest BCUT2D eigenvalue weighted by atomic mass is 15.2. The number of hydrogen-bond acceptors (Lipinski definition) is 4. The van der Waals surface area contributed by atoms with Crippen molar-refractivity contribution in [3.05, 3.63) is 459 Å². The zero-order chi connectivity index (χ0) is 81.5. The monoisotopic (exact) mass is 1550 g/mol. The molecule has 22 rings (SSSR count). The van der Waals surface area contributed by atoms with Gasteiger partial charge in [0.15, 0.2) is 0 Å². The number of rotatable bonds is 18. The van der Waals surface area contributed by atoms with Gasteiger partial charge in [0.2, 0.25) is 13.4 Å². The van der Waals surface area contributed by atoms with E-state index in [0.29, 0.717) is 0 Å². The molecule has 0 amide bonds. The van der Waals surface area contributed by atoms with Crippen molar-refractivity contribution < 1.29 is 0 Å². The molecule has 6 heteroatoms. The van der Waals surface area contributed by atoms with Crippen molar-refractivity contribution in [1.82, 2.24) is 0 Å². The lowest BCUT2D eigenvalue weighted by Gasteiger charge is -2.28. The predicted octanol–water partition coefficient (Wildman–Crippen LogP) is 27.4. The van der Waals surface area contributed by atoms with Crippen LogP contribution in [0, 0.1) is 27.7 Å². The first-order valence-electron chi connectivity index (χ1n) is 42.5. The van der Waals surface area contributed by atoms with E-state index in [1.54, 1.807) is 0 Å². The van der Waals surface area contributed by atoms with Crippen molar-refractivity contribution in [3.8, 4) is 66.8 Å². The van der Waals surface area contributed by atoms with Crippen molar-refractivity contribution in [2.75, 3.05) is 19.6 Å². The minimum atomic E-state index is -0.225. The summed E-state index contributed by atoms with van der Waals surface area (Å²) in [6, 6.07) is 163. The molecule has 0 aliphatic carbocycles. The Morgan fingerprint density at radius 1 is 0.156 bits per heavy atom. The fourth-order valence-electron chi connectivity index (χ4n) is 20.5. The molecule has 4 nitrogen and oxygen atoms in total. The Labute approximate surface area is 715 Å². The highest BCUT2D eigenvalue weighted by Gasteiger charge is 2.43. The Kier molecular flexibility index (Phi) is 18.4. The van der Waals surface area contributed by atoms with Crippen LogP contribution in [0.15, 0.2) is 437 Å². The van der Waals surface area contributed by atoms with E-state index >= 15 is 0 Å². The summed E-state index contributed by atoms with van der Waals surface area (Å²) in [6.07, 6.45) is 0. The molecular weight excluding hydrogens is 1470 g/mol. The van der Waals surface area contributed by atoms with Gasteiger partial charge in [0.1, 0.15) is 0 Å². The Morgan fingerprint density at radius 2 is 0.352 bits per heavy atom. The van der Waals surface area contributed by atoms with Crippen molar-refractivity contribution >= 4 is 147 Å². The standard InChI is InChI=1S/C116H84B2N4/c1-77-67-91(119(83-43-19-7-20-44-83)84-45-21-8-22-46-84)71-105-106-72-92(120(85-47-23-9-24-48-85)86-49-25-10-26-50-86)68-78(2)114(106)117(113(77)105)109-75-103(97-61-37-35-59-95(97)81-39-15-5-16-40-81)99-64-66-102-110(76-104(100-63-65-101(109)111(99)112(100)102)98-62-38-36-60-96(98)82-41-17-6-18-42-82)118-115-79(3)69-93(121(87-51-27-11-28-52-87)88-53-29-12-30-54-88)73-107(115)108-74-94(70-80(4)116(108)118)122(89-55-31-13-32-56-89)90-57-33-14-34-58-90/h5-76H,1-4H3. The molecular formula is C116H84B2N4. The first kappa shape index (κ1) is 73.2. The Hall–Kier alpha value is -15.2. The van der Waals surface area contributed by atoms with Crippen LogP contribution in [0.4, 0.5) is 68.2 Å². The van der Waals surface area contributed by atoms with E-state index in [0.717, 1.165) is 68.2 Å². The zero-order valence-electron chi connectivity index (χ0n) is 68.5. The molecule has 122 heavy (non-hydrogen) atoms. The maximum atomic E-state index is 2.63. The highest BCUT2D eigenvalue weighted by Crippen LogP contribution is 2.50. The predicted molar refractivity (Wildman–Crippen MR) is 523 cm³/mol. The molecule has 0 aromatic heterocycles. The van der Waals surface area contributed by atoms with Crippen molar-refractivity contribution in [2.24, 2.45) is 0 Å². The van der Waals surface area contributed by atoms with Gasteiger partial charge in [-0.3, -0.25) is 0 Å². The molecule has 0 N–H and O–H groups in total. The summed E-state index contributed by atoms with van der Waals surface area (Å²) in [5.74, 6) is 0. The van der Waals surface area contributed by atoms with Crippen LogP contribution in [-0.4, -0.2) is 13.4 Å². The second-order valence-electron chi connectivity index (χ2n) is 32.7. The van der Waals surface area contributed by atoms with Crippen LogP contribution < -0.4 is 52.4 Å². The zero-order valence-corrected chi connectivity index (χ0v) is 68.5. The lowest BCUT2D eigenvalue weighted by atomic mass is 9.36. The summed E-state index contributed by atoms with van der Waals surface area (Å²) in [5.41, 5.74) is 40.2. The minimum absolute atomic E-state index is 0.225. The number of aryl methyl sites for hydroxylation is 4. The van der Waals surface area contributed by atoms with Crippen molar-refractivity contribution in [2.45, 2.75) is 27.7 Å². The molecule has 0 atom stereocenters. The molecule has 2 heterocycles. The van der Waals surface area contributed by atoms with Crippen LogP contribution in [0.2, 0.25) is 0 Å². The minimum Gasteiger partial charge on any atom is -0.310 e. The summed E-state index contributed by atoms with van der Waals surface area (Å²) in [7, 11) is 0. The number of nitrogens with zero attached hydrogens (tertiary/aromatic N) is 4. The fraction of sp³-hybridized carbons (Fsp3) is 0.0345. The van der Waals surface area contributed by atoms with Crippen LogP contribution in [0.5, 0.6) is 0 Å².